The van der Waals surface area contributed by atoms with Crippen LogP contribution in [0.25, 0.3) is 115 Å². The van der Waals surface area contributed by atoms with Gasteiger partial charge in [-0.1, -0.05) is 133 Å². The van der Waals surface area contributed by atoms with Crippen molar-refractivity contribution in [2.24, 2.45) is 0 Å². The fraction of sp³-hybridized carbons (Fsp3) is 0. The van der Waals surface area contributed by atoms with Gasteiger partial charge in [0.15, 0.2) is 0 Å². The van der Waals surface area contributed by atoms with Gasteiger partial charge in [-0.05, 0) is 93.0 Å². The van der Waals surface area contributed by atoms with Gasteiger partial charge in [0.05, 0.1) is 39.4 Å². The van der Waals surface area contributed by atoms with Gasteiger partial charge >= 0.3 is 0 Å². The van der Waals surface area contributed by atoms with Crippen LogP contribution in [0.1, 0.15) is 5.56 Å². The van der Waals surface area contributed by atoms with Gasteiger partial charge in [0.25, 0.3) is 0 Å². The SMILES string of the molecule is N#Cc1ccc2c(c1)c1cc(-c3ccc(-c4ccc5c(c4)nc(-c4ccccc4)c4ccc6ccc7cccnc7c6c45)c4ccccc34)ccc1n2-c1ccccc1. The van der Waals surface area contributed by atoms with Crippen molar-refractivity contribution in [2.75, 3.05) is 0 Å². The molecule has 0 saturated heterocycles. The van der Waals surface area contributed by atoms with Crippen molar-refractivity contribution in [1.82, 2.24) is 14.5 Å². The molecule has 0 amide bonds. The Morgan fingerprint density at radius 1 is 0.441 bits per heavy atom. The van der Waals surface area contributed by atoms with E-state index < -0.39 is 0 Å². The van der Waals surface area contributed by atoms with Crippen LogP contribution in [-0.2, 0) is 0 Å². The topological polar surface area (TPSA) is 54.5 Å². The smallest absolute Gasteiger partial charge is 0.0991 e. The molecule has 0 atom stereocenters. The lowest BCUT2D eigenvalue weighted by Gasteiger charge is -2.16. The lowest BCUT2D eigenvalue weighted by Crippen LogP contribution is -1.93. The van der Waals surface area contributed by atoms with Crippen LogP contribution < -0.4 is 0 Å². The first-order valence-corrected chi connectivity index (χ1v) is 19.9. The Morgan fingerprint density at radius 3 is 1.86 bits per heavy atom. The molecular weight excluding hydrogens is 717 g/mol. The van der Waals surface area contributed by atoms with Crippen molar-refractivity contribution in [3.63, 3.8) is 0 Å². The van der Waals surface area contributed by atoms with Gasteiger partial charge in [-0.25, -0.2) is 4.98 Å². The highest BCUT2D eigenvalue weighted by molar-refractivity contribution is 6.28. The predicted octanol–water partition coefficient (Wildman–Crippen LogP) is 14.2. The molecule has 0 spiro atoms. The summed E-state index contributed by atoms with van der Waals surface area (Å²) >= 11 is 0. The maximum atomic E-state index is 9.85. The van der Waals surface area contributed by atoms with Gasteiger partial charge in [0, 0.05) is 55.2 Å². The van der Waals surface area contributed by atoms with Crippen LogP contribution >= 0.6 is 0 Å². The lowest BCUT2D eigenvalue weighted by atomic mass is 9.90. The summed E-state index contributed by atoms with van der Waals surface area (Å²) in [4.78, 5) is 10.4. The summed E-state index contributed by atoms with van der Waals surface area (Å²) in [6, 6.07) is 69.0. The Kier molecular flexibility index (Phi) is 7.26. The number of pyridine rings is 2. The van der Waals surface area contributed by atoms with E-state index in [9.17, 15) is 5.26 Å². The van der Waals surface area contributed by atoms with E-state index in [2.05, 4.69) is 174 Å². The minimum atomic E-state index is 0.650. The highest BCUT2D eigenvalue weighted by Gasteiger charge is 2.19. The molecule has 0 bridgehead atoms. The van der Waals surface area contributed by atoms with Crippen LogP contribution in [0, 0.1) is 11.3 Å². The molecule has 0 aliphatic rings. The van der Waals surface area contributed by atoms with E-state index in [1.807, 2.05) is 30.5 Å². The van der Waals surface area contributed by atoms with Gasteiger partial charge < -0.3 is 4.57 Å². The highest BCUT2D eigenvalue weighted by atomic mass is 15.0. The zero-order valence-corrected chi connectivity index (χ0v) is 31.8. The third-order valence-corrected chi connectivity index (χ3v) is 12.0. The third kappa shape index (κ3) is 5.09. The molecule has 0 fully saturated rings. The molecule has 0 aliphatic carbocycles. The van der Waals surface area contributed by atoms with Crippen LogP contribution in [-0.4, -0.2) is 14.5 Å². The molecule has 0 aliphatic heterocycles. The second kappa shape index (κ2) is 13.0. The third-order valence-electron chi connectivity index (χ3n) is 12.0. The van der Waals surface area contributed by atoms with Crippen LogP contribution in [0.5, 0.6) is 0 Å². The molecule has 12 rings (SSSR count). The van der Waals surface area contributed by atoms with E-state index in [-0.39, 0.29) is 0 Å². The predicted molar refractivity (Wildman–Crippen MR) is 245 cm³/mol. The van der Waals surface area contributed by atoms with Crippen molar-refractivity contribution in [3.8, 4) is 45.3 Å². The first-order chi connectivity index (χ1) is 29.2. The summed E-state index contributed by atoms with van der Waals surface area (Å²) in [7, 11) is 0. The van der Waals surface area contributed by atoms with Gasteiger partial charge in [0.2, 0.25) is 0 Å². The molecule has 0 N–H and O–H groups in total. The largest absolute Gasteiger partial charge is 0.309 e. The maximum absolute atomic E-state index is 9.85. The maximum Gasteiger partial charge on any atom is 0.0991 e. The fourth-order valence-corrected chi connectivity index (χ4v) is 9.35. The summed E-state index contributed by atoms with van der Waals surface area (Å²) in [5, 5.41) is 21.2. The van der Waals surface area contributed by atoms with Crippen LogP contribution in [0.15, 0.2) is 194 Å². The summed E-state index contributed by atoms with van der Waals surface area (Å²) in [6.45, 7) is 0. The molecule has 12 aromatic rings. The van der Waals surface area contributed by atoms with Gasteiger partial charge in [-0.2, -0.15) is 5.26 Å². The van der Waals surface area contributed by atoms with E-state index in [0.29, 0.717) is 5.56 Å². The number of rotatable bonds is 4. The number of aromatic nitrogens is 3. The van der Waals surface area contributed by atoms with E-state index >= 15 is 0 Å². The molecule has 0 unspecified atom stereocenters. The molecule has 3 aromatic heterocycles. The average Bonchev–Trinajstić information content (AvgIpc) is 3.63. The van der Waals surface area contributed by atoms with E-state index in [1.54, 1.807) is 0 Å². The van der Waals surface area contributed by atoms with Gasteiger partial charge in [-0.15, -0.1) is 0 Å². The molecule has 4 heteroatoms. The molecule has 0 saturated carbocycles. The number of fused-ring (bicyclic) bond motifs is 11. The minimum absolute atomic E-state index is 0.650. The van der Waals surface area contributed by atoms with Crippen molar-refractivity contribution in [3.05, 3.63) is 200 Å². The summed E-state index contributed by atoms with van der Waals surface area (Å²) < 4.78 is 2.29. The Morgan fingerprint density at radius 2 is 1.08 bits per heavy atom. The second-order valence-corrected chi connectivity index (χ2v) is 15.2. The van der Waals surface area contributed by atoms with Crippen molar-refractivity contribution in [2.45, 2.75) is 0 Å². The average molecular weight is 749 g/mol. The summed E-state index contributed by atoms with van der Waals surface area (Å²) in [6.07, 6.45) is 1.89. The standard InChI is InChI=1S/C55H32N4/c56-33-34-17-27-50-47(30-34)48-31-38(22-28-51(48)59(50)40-13-5-2-6-14-40)41-25-26-42(44-16-8-7-15-43(41)44)39-21-23-45-49(32-39)58-54(36-10-3-1-4-11-36)46-24-20-35-18-19-37-12-9-29-57-55(37)52(35)53(45)46/h1-32H. The first-order valence-electron chi connectivity index (χ1n) is 19.9. The minimum Gasteiger partial charge on any atom is -0.309 e. The Bertz CT molecular complexity index is 3730. The lowest BCUT2D eigenvalue weighted by molar-refractivity contribution is 1.18. The van der Waals surface area contributed by atoms with E-state index in [4.69, 9.17) is 9.97 Å². The Hall–Kier alpha value is -8.13. The van der Waals surface area contributed by atoms with Crippen molar-refractivity contribution < 1.29 is 0 Å². The molecular formula is C55H32N4. The number of nitriles is 1. The van der Waals surface area contributed by atoms with Crippen molar-refractivity contribution in [1.29, 1.82) is 5.26 Å². The molecule has 272 valence electrons. The fourth-order valence-electron chi connectivity index (χ4n) is 9.35. The Balaban J connectivity index is 1.07. The van der Waals surface area contributed by atoms with Crippen molar-refractivity contribution >= 4 is 75.9 Å². The van der Waals surface area contributed by atoms with Gasteiger partial charge in [-0.3, -0.25) is 4.98 Å². The zero-order valence-electron chi connectivity index (χ0n) is 31.8. The molecule has 3 heterocycles. The Labute approximate surface area is 339 Å². The second-order valence-electron chi connectivity index (χ2n) is 15.2. The monoisotopic (exact) mass is 748 g/mol. The molecule has 0 radical (unpaired) electrons. The number of hydrogen-bond donors (Lipinski definition) is 0. The van der Waals surface area contributed by atoms with Crippen LogP contribution in [0.2, 0.25) is 0 Å². The van der Waals surface area contributed by atoms with E-state index in [1.165, 1.54) is 16.2 Å². The first kappa shape index (κ1) is 33.1. The molecule has 9 aromatic carbocycles. The van der Waals surface area contributed by atoms with Crippen LogP contribution in [0.3, 0.4) is 0 Å². The summed E-state index contributed by atoms with van der Waals surface area (Å²) in [5.41, 5.74) is 12.5. The quantitative estimate of drug-likeness (QED) is 0.168. The number of hydrogen-bond acceptors (Lipinski definition) is 3. The molecule has 4 nitrogen and oxygen atoms in total. The van der Waals surface area contributed by atoms with E-state index in [0.717, 1.165) is 99.0 Å². The number of nitrogens with zero attached hydrogens (tertiary/aromatic N) is 4. The highest BCUT2D eigenvalue weighted by Crippen LogP contribution is 2.43. The zero-order chi connectivity index (χ0) is 39.0. The number of para-hydroxylation sites is 1. The summed E-state index contributed by atoms with van der Waals surface area (Å²) in [5.74, 6) is 0. The molecule has 59 heavy (non-hydrogen) atoms. The van der Waals surface area contributed by atoms with Crippen LogP contribution in [0.4, 0.5) is 0 Å². The van der Waals surface area contributed by atoms with Gasteiger partial charge in [0.1, 0.15) is 0 Å². The normalized spacial score (nSPS) is 11.7. The number of benzene rings is 9.